The lowest BCUT2D eigenvalue weighted by molar-refractivity contribution is 0.0701. The molecule has 1 aliphatic rings. The molecular weight excluding hydrogens is 302 g/mol. The highest BCUT2D eigenvalue weighted by molar-refractivity contribution is 7.92. The van der Waals surface area contributed by atoms with Crippen molar-refractivity contribution >= 4 is 32.2 Å². The van der Waals surface area contributed by atoms with Gasteiger partial charge < -0.3 is 9.51 Å². The number of hydrogen-bond acceptors (Lipinski definition) is 3. The topological polar surface area (TPSA) is 75.8 Å². The largest absolute Gasteiger partial charge is 0.478 e. The van der Waals surface area contributed by atoms with Gasteiger partial charge in [0.25, 0.3) is 0 Å². The zero-order valence-electron chi connectivity index (χ0n) is 11.6. The van der Waals surface area contributed by atoms with Gasteiger partial charge in [-0.2, -0.15) is 0 Å². The van der Waals surface area contributed by atoms with Crippen molar-refractivity contribution in [1.82, 2.24) is 4.40 Å². The summed E-state index contributed by atoms with van der Waals surface area (Å²) in [5.74, 6) is -1.02. The zero-order valence-corrected chi connectivity index (χ0v) is 12.4. The van der Waals surface area contributed by atoms with E-state index in [9.17, 15) is 18.3 Å². The van der Waals surface area contributed by atoms with E-state index in [0.29, 0.717) is 29.3 Å². The van der Waals surface area contributed by atoms with Crippen molar-refractivity contribution in [1.29, 1.82) is 0 Å². The lowest BCUT2D eigenvalue weighted by Gasteiger charge is -2.03. The number of carboxylic acids is 1. The molecule has 1 saturated carbocycles. The molecule has 0 saturated heterocycles. The zero-order chi connectivity index (χ0) is 15.5. The number of nitrogens with zero attached hydrogens (tertiary/aromatic N) is 1. The van der Waals surface area contributed by atoms with Gasteiger partial charge in [-0.3, -0.25) is 0 Å². The SMILES string of the molecule is O=C(O)c1c2ccc(S(=O)(=O)C3CC3)cc2n2ccccc12. The van der Waals surface area contributed by atoms with Gasteiger partial charge in [0.15, 0.2) is 9.84 Å². The molecule has 0 bridgehead atoms. The maximum absolute atomic E-state index is 12.4. The molecule has 6 heteroatoms. The van der Waals surface area contributed by atoms with Crippen LogP contribution in [0.1, 0.15) is 23.2 Å². The van der Waals surface area contributed by atoms with Crippen LogP contribution in [0.3, 0.4) is 0 Å². The fourth-order valence-corrected chi connectivity index (χ4v) is 4.56. The normalized spacial score (nSPS) is 15.5. The molecule has 112 valence electrons. The molecule has 0 amide bonds. The van der Waals surface area contributed by atoms with Gasteiger partial charge in [-0.25, -0.2) is 13.2 Å². The van der Waals surface area contributed by atoms with Gasteiger partial charge >= 0.3 is 5.97 Å². The molecule has 5 nitrogen and oxygen atoms in total. The van der Waals surface area contributed by atoms with E-state index in [1.165, 1.54) is 6.07 Å². The fraction of sp³-hybridized carbons (Fsp3) is 0.188. The number of carboxylic acid groups (broad SMARTS) is 1. The van der Waals surface area contributed by atoms with E-state index in [2.05, 4.69) is 0 Å². The molecule has 0 aliphatic heterocycles. The summed E-state index contributed by atoms with van der Waals surface area (Å²) in [6.45, 7) is 0. The number of rotatable bonds is 3. The Kier molecular flexibility index (Phi) is 2.62. The lowest BCUT2D eigenvalue weighted by atomic mass is 10.1. The first kappa shape index (κ1) is 13.3. The summed E-state index contributed by atoms with van der Waals surface area (Å²) >= 11 is 0. The quantitative estimate of drug-likeness (QED) is 0.806. The first-order valence-corrected chi connectivity index (χ1v) is 8.55. The summed E-state index contributed by atoms with van der Waals surface area (Å²) in [5.41, 5.74) is 1.37. The molecule has 0 radical (unpaired) electrons. The number of pyridine rings is 1. The molecular formula is C16H13NO4S. The Balaban J connectivity index is 2.09. The Labute approximate surface area is 126 Å². The molecule has 3 aromatic rings. The first-order valence-electron chi connectivity index (χ1n) is 7.00. The summed E-state index contributed by atoms with van der Waals surface area (Å²) in [6.07, 6.45) is 3.16. The number of hydrogen-bond donors (Lipinski definition) is 1. The minimum Gasteiger partial charge on any atom is -0.478 e. The van der Waals surface area contributed by atoms with Crippen LogP contribution >= 0.6 is 0 Å². The van der Waals surface area contributed by atoms with Crippen LogP contribution in [0.25, 0.3) is 16.4 Å². The Hall–Kier alpha value is -2.34. The van der Waals surface area contributed by atoms with Gasteiger partial charge in [0.1, 0.15) is 0 Å². The number of fused-ring (bicyclic) bond motifs is 3. The minimum absolute atomic E-state index is 0.200. The second kappa shape index (κ2) is 4.33. The van der Waals surface area contributed by atoms with Crippen LogP contribution in [-0.4, -0.2) is 29.1 Å². The van der Waals surface area contributed by atoms with Crippen molar-refractivity contribution in [2.75, 3.05) is 0 Å². The summed E-state index contributed by atoms with van der Waals surface area (Å²) < 4.78 is 26.5. The van der Waals surface area contributed by atoms with Gasteiger partial charge in [-0.1, -0.05) is 12.1 Å². The van der Waals surface area contributed by atoms with Gasteiger partial charge in [-0.15, -0.1) is 0 Å². The molecule has 1 aliphatic carbocycles. The molecule has 0 unspecified atom stereocenters. The standard InChI is InChI=1S/C16H13NO4S/c18-16(19)15-12-7-6-11(22(20,21)10-4-5-10)9-14(12)17-8-2-1-3-13(15)17/h1-3,6-10H,4-5H2,(H,18,19). The molecule has 1 fully saturated rings. The average molecular weight is 315 g/mol. The second-order valence-corrected chi connectivity index (χ2v) is 7.79. The van der Waals surface area contributed by atoms with Crippen molar-refractivity contribution in [3.05, 3.63) is 48.2 Å². The van der Waals surface area contributed by atoms with E-state index in [0.717, 1.165) is 0 Å². The van der Waals surface area contributed by atoms with E-state index in [1.54, 1.807) is 40.9 Å². The van der Waals surface area contributed by atoms with Crippen LogP contribution in [0.4, 0.5) is 0 Å². The van der Waals surface area contributed by atoms with E-state index in [4.69, 9.17) is 0 Å². The first-order chi connectivity index (χ1) is 10.5. The molecule has 2 aromatic heterocycles. The third-order valence-electron chi connectivity index (χ3n) is 4.12. The molecule has 1 aromatic carbocycles. The highest BCUT2D eigenvalue weighted by Gasteiger charge is 2.37. The maximum atomic E-state index is 12.4. The van der Waals surface area contributed by atoms with Gasteiger partial charge in [0.05, 0.1) is 26.7 Å². The van der Waals surface area contributed by atoms with Crippen molar-refractivity contribution in [3.63, 3.8) is 0 Å². The minimum atomic E-state index is -3.30. The van der Waals surface area contributed by atoms with E-state index < -0.39 is 15.8 Å². The Morgan fingerprint density at radius 1 is 1.14 bits per heavy atom. The summed E-state index contributed by atoms with van der Waals surface area (Å²) in [6, 6.07) is 9.98. The van der Waals surface area contributed by atoms with E-state index >= 15 is 0 Å². The van der Waals surface area contributed by atoms with Crippen molar-refractivity contribution in [3.8, 4) is 0 Å². The predicted octanol–water partition coefficient (Wildman–Crippen LogP) is 2.73. The number of aromatic nitrogens is 1. The molecule has 0 atom stereocenters. The van der Waals surface area contributed by atoms with Crippen LogP contribution in [-0.2, 0) is 9.84 Å². The van der Waals surface area contributed by atoms with Crippen molar-refractivity contribution < 1.29 is 18.3 Å². The van der Waals surface area contributed by atoms with Gasteiger partial charge in [0.2, 0.25) is 0 Å². The highest BCUT2D eigenvalue weighted by atomic mass is 32.2. The van der Waals surface area contributed by atoms with Crippen molar-refractivity contribution in [2.45, 2.75) is 23.0 Å². The second-order valence-electron chi connectivity index (χ2n) is 5.56. The summed E-state index contributed by atoms with van der Waals surface area (Å²) in [5, 5.41) is 9.73. The maximum Gasteiger partial charge on any atom is 0.338 e. The highest BCUT2D eigenvalue weighted by Crippen LogP contribution is 2.35. The number of carbonyl (C=O) groups is 1. The van der Waals surface area contributed by atoms with Gasteiger partial charge in [-0.05, 0) is 37.1 Å². The summed E-state index contributed by atoms with van der Waals surface area (Å²) in [7, 11) is -3.30. The third kappa shape index (κ3) is 1.77. The fourth-order valence-electron chi connectivity index (χ4n) is 2.89. The molecule has 1 N–H and O–H groups in total. The number of aromatic carboxylic acids is 1. The molecule has 0 spiro atoms. The Morgan fingerprint density at radius 3 is 2.59 bits per heavy atom. The van der Waals surface area contributed by atoms with Crippen LogP contribution in [0.2, 0.25) is 0 Å². The molecule has 22 heavy (non-hydrogen) atoms. The lowest BCUT2D eigenvalue weighted by Crippen LogP contribution is -2.06. The number of benzene rings is 1. The van der Waals surface area contributed by atoms with Crippen LogP contribution < -0.4 is 0 Å². The Bertz CT molecular complexity index is 1030. The van der Waals surface area contributed by atoms with Crippen LogP contribution in [0, 0.1) is 0 Å². The van der Waals surface area contributed by atoms with E-state index in [1.807, 2.05) is 0 Å². The monoisotopic (exact) mass is 315 g/mol. The van der Waals surface area contributed by atoms with Crippen molar-refractivity contribution in [2.24, 2.45) is 0 Å². The van der Waals surface area contributed by atoms with E-state index in [-0.39, 0.29) is 15.7 Å². The number of sulfone groups is 1. The summed E-state index contributed by atoms with van der Waals surface area (Å²) in [4.78, 5) is 11.8. The molecule has 2 heterocycles. The Morgan fingerprint density at radius 2 is 1.91 bits per heavy atom. The van der Waals surface area contributed by atoms with Gasteiger partial charge in [0, 0.05) is 11.6 Å². The average Bonchev–Trinajstić information content (AvgIpc) is 3.29. The molecule has 4 rings (SSSR count). The predicted molar refractivity (Wildman–Crippen MR) is 82.1 cm³/mol. The van der Waals surface area contributed by atoms with Crippen LogP contribution in [0.5, 0.6) is 0 Å². The van der Waals surface area contributed by atoms with Crippen LogP contribution in [0.15, 0.2) is 47.5 Å². The third-order valence-corrected chi connectivity index (χ3v) is 6.38. The smallest absolute Gasteiger partial charge is 0.338 e.